The number of methoxy groups -OCH3 is 1. The molecular formula is C17H16N2O2. The summed E-state index contributed by atoms with van der Waals surface area (Å²) in [5.74, 6) is 0.661. The van der Waals surface area contributed by atoms with Gasteiger partial charge in [0.1, 0.15) is 11.9 Å². The quantitative estimate of drug-likeness (QED) is 0.801. The minimum atomic E-state index is -0.805. The summed E-state index contributed by atoms with van der Waals surface area (Å²) in [5, 5.41) is 10.8. The Bertz CT molecular complexity index is 781. The third-order valence-electron chi connectivity index (χ3n) is 3.50. The monoisotopic (exact) mass is 280 g/mol. The van der Waals surface area contributed by atoms with Gasteiger partial charge in [-0.25, -0.2) is 0 Å². The number of aliphatic hydroxyl groups excluding tert-OH is 1. The second-order valence-electron chi connectivity index (χ2n) is 4.92. The molecule has 1 atom stereocenters. The van der Waals surface area contributed by atoms with Gasteiger partial charge in [0, 0.05) is 23.5 Å². The molecule has 4 heteroatoms. The molecule has 3 aromatic rings. The van der Waals surface area contributed by atoms with Gasteiger partial charge in [0.05, 0.1) is 18.1 Å². The smallest absolute Gasteiger partial charge is 0.125 e. The van der Waals surface area contributed by atoms with Crippen LogP contribution in [-0.4, -0.2) is 22.2 Å². The molecule has 106 valence electrons. The topological polar surface area (TPSA) is 55.2 Å². The van der Waals surface area contributed by atoms with Crippen molar-refractivity contribution >= 4 is 11.0 Å². The van der Waals surface area contributed by atoms with Gasteiger partial charge in [-0.15, -0.1) is 0 Å². The molecule has 1 N–H and O–H groups in total. The fourth-order valence-corrected chi connectivity index (χ4v) is 2.47. The van der Waals surface area contributed by atoms with Gasteiger partial charge < -0.3 is 9.84 Å². The SMILES string of the molecule is COc1ccc(C)cc1C(O)c1cccc2nccnc12. The van der Waals surface area contributed by atoms with E-state index in [9.17, 15) is 5.11 Å². The predicted molar refractivity (Wildman–Crippen MR) is 81.3 cm³/mol. The van der Waals surface area contributed by atoms with E-state index in [0.29, 0.717) is 11.3 Å². The highest BCUT2D eigenvalue weighted by atomic mass is 16.5. The summed E-state index contributed by atoms with van der Waals surface area (Å²) < 4.78 is 5.36. The van der Waals surface area contributed by atoms with Crippen molar-refractivity contribution in [3.8, 4) is 5.75 Å². The fraction of sp³-hybridized carbons (Fsp3) is 0.176. The summed E-state index contributed by atoms with van der Waals surface area (Å²) in [6, 6.07) is 11.4. The fourth-order valence-electron chi connectivity index (χ4n) is 2.47. The maximum absolute atomic E-state index is 10.8. The molecule has 0 saturated heterocycles. The number of aromatic nitrogens is 2. The van der Waals surface area contributed by atoms with Gasteiger partial charge in [-0.2, -0.15) is 0 Å². The van der Waals surface area contributed by atoms with E-state index in [2.05, 4.69) is 9.97 Å². The highest BCUT2D eigenvalue weighted by Crippen LogP contribution is 2.33. The summed E-state index contributed by atoms with van der Waals surface area (Å²) in [4.78, 5) is 8.62. The molecule has 0 amide bonds. The number of fused-ring (bicyclic) bond motifs is 1. The van der Waals surface area contributed by atoms with E-state index >= 15 is 0 Å². The van der Waals surface area contributed by atoms with Gasteiger partial charge in [0.15, 0.2) is 0 Å². The first-order chi connectivity index (χ1) is 10.2. The lowest BCUT2D eigenvalue weighted by Gasteiger charge is -2.17. The minimum Gasteiger partial charge on any atom is -0.496 e. The summed E-state index contributed by atoms with van der Waals surface area (Å²) in [6.07, 6.45) is 2.47. The number of aliphatic hydroxyl groups is 1. The Morgan fingerprint density at radius 1 is 1.05 bits per heavy atom. The van der Waals surface area contributed by atoms with Gasteiger partial charge in [0.25, 0.3) is 0 Å². The van der Waals surface area contributed by atoms with Crippen molar-refractivity contribution in [3.05, 3.63) is 65.5 Å². The van der Waals surface area contributed by atoms with E-state index < -0.39 is 6.10 Å². The van der Waals surface area contributed by atoms with E-state index in [1.165, 1.54) is 0 Å². The summed E-state index contributed by atoms with van der Waals surface area (Å²) in [7, 11) is 1.60. The molecular weight excluding hydrogens is 264 g/mol. The number of nitrogens with zero attached hydrogens (tertiary/aromatic N) is 2. The highest BCUT2D eigenvalue weighted by Gasteiger charge is 2.18. The second-order valence-corrected chi connectivity index (χ2v) is 4.92. The first-order valence-electron chi connectivity index (χ1n) is 6.73. The lowest BCUT2D eigenvalue weighted by Crippen LogP contribution is -2.04. The number of ether oxygens (including phenoxy) is 1. The average Bonchev–Trinajstić information content (AvgIpc) is 2.53. The number of rotatable bonds is 3. The summed E-state index contributed by atoms with van der Waals surface area (Å²) >= 11 is 0. The molecule has 0 fully saturated rings. The molecule has 0 spiro atoms. The Balaban J connectivity index is 2.17. The third kappa shape index (κ3) is 2.45. The number of hydrogen-bond donors (Lipinski definition) is 1. The molecule has 0 aliphatic heterocycles. The number of hydrogen-bond acceptors (Lipinski definition) is 4. The molecule has 2 aromatic carbocycles. The normalized spacial score (nSPS) is 12.3. The molecule has 0 saturated carbocycles. The zero-order chi connectivity index (χ0) is 14.8. The lowest BCUT2D eigenvalue weighted by atomic mass is 9.98. The maximum Gasteiger partial charge on any atom is 0.125 e. The molecule has 1 unspecified atom stereocenters. The van der Waals surface area contributed by atoms with E-state index in [1.54, 1.807) is 19.5 Å². The average molecular weight is 280 g/mol. The van der Waals surface area contributed by atoms with E-state index in [4.69, 9.17) is 4.74 Å². The Kier molecular flexibility index (Phi) is 3.54. The van der Waals surface area contributed by atoms with Crippen molar-refractivity contribution in [2.24, 2.45) is 0 Å². The van der Waals surface area contributed by atoms with Crippen LogP contribution in [0.25, 0.3) is 11.0 Å². The standard InChI is InChI=1S/C17H16N2O2/c1-11-6-7-15(21-2)13(10-11)17(20)12-4-3-5-14-16(12)19-9-8-18-14/h3-10,17,20H,1-2H3. The molecule has 1 heterocycles. The number of benzene rings is 2. The Labute approximate surface area is 123 Å². The summed E-state index contributed by atoms with van der Waals surface area (Å²) in [6.45, 7) is 1.98. The number of para-hydroxylation sites is 1. The molecule has 0 bridgehead atoms. The van der Waals surface area contributed by atoms with Crippen molar-refractivity contribution in [1.29, 1.82) is 0 Å². The van der Waals surface area contributed by atoms with Gasteiger partial charge in [-0.05, 0) is 25.1 Å². The summed E-state index contributed by atoms with van der Waals surface area (Å²) in [5.41, 5.74) is 3.99. The van der Waals surface area contributed by atoms with Crippen LogP contribution in [0.4, 0.5) is 0 Å². The van der Waals surface area contributed by atoms with Crippen LogP contribution in [0.15, 0.2) is 48.8 Å². The van der Waals surface area contributed by atoms with E-state index in [1.807, 2.05) is 43.3 Å². The second kappa shape index (κ2) is 5.50. The highest BCUT2D eigenvalue weighted by molar-refractivity contribution is 5.78. The Hall–Kier alpha value is -2.46. The molecule has 3 rings (SSSR count). The Morgan fingerprint density at radius 2 is 1.86 bits per heavy atom. The van der Waals surface area contributed by atoms with Crippen LogP contribution in [0.2, 0.25) is 0 Å². The molecule has 1 aromatic heterocycles. The zero-order valence-electron chi connectivity index (χ0n) is 11.9. The van der Waals surface area contributed by atoms with Crippen LogP contribution in [0.1, 0.15) is 22.8 Å². The van der Waals surface area contributed by atoms with Crippen molar-refractivity contribution in [2.45, 2.75) is 13.0 Å². The van der Waals surface area contributed by atoms with Crippen LogP contribution < -0.4 is 4.74 Å². The van der Waals surface area contributed by atoms with Crippen LogP contribution in [0.5, 0.6) is 5.75 Å². The van der Waals surface area contributed by atoms with Gasteiger partial charge >= 0.3 is 0 Å². The van der Waals surface area contributed by atoms with Crippen molar-refractivity contribution in [3.63, 3.8) is 0 Å². The van der Waals surface area contributed by atoms with Gasteiger partial charge in [0.2, 0.25) is 0 Å². The molecule has 0 radical (unpaired) electrons. The van der Waals surface area contributed by atoms with E-state index in [0.717, 1.165) is 22.2 Å². The van der Waals surface area contributed by atoms with Gasteiger partial charge in [-0.1, -0.05) is 23.8 Å². The van der Waals surface area contributed by atoms with Crippen molar-refractivity contribution in [2.75, 3.05) is 7.11 Å². The molecule has 4 nitrogen and oxygen atoms in total. The lowest BCUT2D eigenvalue weighted by molar-refractivity contribution is 0.216. The largest absolute Gasteiger partial charge is 0.496 e. The number of aryl methyl sites for hydroxylation is 1. The maximum atomic E-state index is 10.8. The van der Waals surface area contributed by atoms with Crippen LogP contribution in [0.3, 0.4) is 0 Å². The first kappa shape index (κ1) is 13.5. The predicted octanol–water partition coefficient (Wildman–Crippen LogP) is 3.03. The van der Waals surface area contributed by atoms with Crippen LogP contribution in [-0.2, 0) is 0 Å². The zero-order valence-corrected chi connectivity index (χ0v) is 11.9. The minimum absolute atomic E-state index is 0.661. The Morgan fingerprint density at radius 3 is 2.67 bits per heavy atom. The third-order valence-corrected chi connectivity index (χ3v) is 3.50. The molecule has 21 heavy (non-hydrogen) atoms. The van der Waals surface area contributed by atoms with Gasteiger partial charge in [-0.3, -0.25) is 9.97 Å². The van der Waals surface area contributed by atoms with E-state index in [-0.39, 0.29) is 0 Å². The molecule has 0 aliphatic carbocycles. The first-order valence-corrected chi connectivity index (χ1v) is 6.73. The van der Waals surface area contributed by atoms with Crippen LogP contribution >= 0.6 is 0 Å². The molecule has 0 aliphatic rings. The van der Waals surface area contributed by atoms with Crippen molar-refractivity contribution in [1.82, 2.24) is 9.97 Å². The van der Waals surface area contributed by atoms with Crippen molar-refractivity contribution < 1.29 is 9.84 Å². The van der Waals surface area contributed by atoms with Crippen LogP contribution in [0, 0.1) is 6.92 Å².